The maximum absolute atomic E-state index is 12.5. The van der Waals surface area contributed by atoms with Crippen LogP contribution in [0.2, 0.25) is 0 Å². The Labute approximate surface area is 158 Å². The van der Waals surface area contributed by atoms with Crippen molar-refractivity contribution in [3.63, 3.8) is 0 Å². The molecule has 0 spiro atoms. The Morgan fingerprint density at radius 2 is 1.81 bits per heavy atom. The zero-order valence-corrected chi connectivity index (χ0v) is 17.1. The van der Waals surface area contributed by atoms with E-state index < -0.39 is 10.0 Å². The highest BCUT2D eigenvalue weighted by molar-refractivity contribution is 7.89. The van der Waals surface area contributed by atoms with Gasteiger partial charge in [0.15, 0.2) is 5.96 Å². The molecule has 2 rings (SSSR count). The fourth-order valence-electron chi connectivity index (χ4n) is 3.04. The summed E-state index contributed by atoms with van der Waals surface area (Å²) in [6, 6.07) is 7.46. The molecule has 0 amide bonds. The highest BCUT2D eigenvalue weighted by Gasteiger charge is 2.22. The van der Waals surface area contributed by atoms with Crippen LogP contribution in [-0.4, -0.2) is 44.9 Å². The third kappa shape index (κ3) is 5.45. The van der Waals surface area contributed by atoms with Crippen molar-refractivity contribution in [1.29, 1.82) is 0 Å². The van der Waals surface area contributed by atoms with E-state index in [1.807, 2.05) is 26.0 Å². The van der Waals surface area contributed by atoms with Gasteiger partial charge in [0.05, 0.1) is 4.90 Å². The van der Waals surface area contributed by atoms with Gasteiger partial charge in [0, 0.05) is 32.7 Å². The van der Waals surface area contributed by atoms with Crippen LogP contribution < -0.4 is 10.6 Å². The lowest BCUT2D eigenvalue weighted by Gasteiger charge is -2.25. The normalized spacial score (nSPS) is 16.9. The lowest BCUT2D eigenvalue weighted by molar-refractivity contribution is 0.410. The van der Waals surface area contributed by atoms with Crippen LogP contribution in [0.5, 0.6) is 0 Å². The molecule has 7 heteroatoms. The van der Waals surface area contributed by atoms with Crippen LogP contribution >= 0.6 is 0 Å². The van der Waals surface area contributed by atoms with Crippen molar-refractivity contribution in [1.82, 2.24) is 14.9 Å². The van der Waals surface area contributed by atoms with Crippen LogP contribution in [0.1, 0.15) is 51.5 Å². The quantitative estimate of drug-likeness (QED) is 0.588. The first kappa shape index (κ1) is 20.7. The van der Waals surface area contributed by atoms with Crippen molar-refractivity contribution in [2.75, 3.05) is 14.1 Å². The monoisotopic (exact) mass is 380 g/mol. The fraction of sp³-hybridized carbons (Fsp3) is 0.632. The van der Waals surface area contributed by atoms with Gasteiger partial charge in [-0.05, 0) is 44.4 Å². The molecule has 0 unspecified atom stereocenters. The fourth-order valence-corrected chi connectivity index (χ4v) is 4.41. The number of rotatable bonds is 6. The van der Waals surface area contributed by atoms with E-state index >= 15 is 0 Å². The van der Waals surface area contributed by atoms with E-state index in [4.69, 9.17) is 0 Å². The summed E-state index contributed by atoms with van der Waals surface area (Å²) in [5, 5.41) is 6.79. The summed E-state index contributed by atoms with van der Waals surface area (Å²) in [6.45, 7) is 4.33. The number of hydrogen-bond acceptors (Lipinski definition) is 3. The highest BCUT2D eigenvalue weighted by Crippen LogP contribution is 2.18. The van der Waals surface area contributed by atoms with Gasteiger partial charge < -0.3 is 10.6 Å². The number of nitrogens with zero attached hydrogens (tertiary/aromatic N) is 2. The zero-order valence-electron chi connectivity index (χ0n) is 16.3. The minimum Gasteiger partial charge on any atom is -0.354 e. The lowest BCUT2D eigenvalue weighted by Crippen LogP contribution is -2.43. The van der Waals surface area contributed by atoms with Gasteiger partial charge in [0.1, 0.15) is 0 Å². The van der Waals surface area contributed by atoms with E-state index in [1.165, 1.54) is 36.4 Å². The third-order valence-electron chi connectivity index (χ3n) is 4.96. The Bertz CT molecular complexity index is 693. The van der Waals surface area contributed by atoms with Crippen molar-refractivity contribution in [3.8, 4) is 0 Å². The SMILES string of the molecule is CN=C(NCc1ccc(S(=O)(=O)N(C)C(C)C)cc1)NC1CCCCC1. The summed E-state index contributed by atoms with van der Waals surface area (Å²) in [7, 11) is -0.0523. The Hall–Kier alpha value is -1.60. The second-order valence-corrected chi connectivity index (χ2v) is 9.16. The van der Waals surface area contributed by atoms with E-state index in [1.54, 1.807) is 26.2 Å². The molecular formula is C19H32N4O2S. The minimum absolute atomic E-state index is 0.0736. The van der Waals surface area contributed by atoms with Crippen molar-refractivity contribution >= 4 is 16.0 Å². The Balaban J connectivity index is 1.94. The average molecular weight is 381 g/mol. The van der Waals surface area contributed by atoms with Gasteiger partial charge in [-0.2, -0.15) is 4.31 Å². The number of nitrogens with one attached hydrogen (secondary N) is 2. The molecule has 0 heterocycles. The first-order valence-corrected chi connectivity index (χ1v) is 10.8. The number of hydrogen-bond donors (Lipinski definition) is 2. The Morgan fingerprint density at radius 1 is 1.19 bits per heavy atom. The summed E-state index contributed by atoms with van der Waals surface area (Å²) in [5.74, 6) is 0.799. The molecule has 1 fully saturated rings. The van der Waals surface area contributed by atoms with E-state index in [9.17, 15) is 8.42 Å². The molecule has 0 aromatic heterocycles. The predicted octanol–water partition coefficient (Wildman–Crippen LogP) is 2.71. The molecular weight excluding hydrogens is 348 g/mol. The molecule has 1 aliphatic carbocycles. The van der Waals surface area contributed by atoms with Crippen LogP contribution in [0.25, 0.3) is 0 Å². The Morgan fingerprint density at radius 3 is 2.35 bits per heavy atom. The van der Waals surface area contributed by atoms with E-state index in [0.717, 1.165) is 11.5 Å². The predicted molar refractivity (Wildman–Crippen MR) is 107 cm³/mol. The lowest BCUT2D eigenvalue weighted by atomic mass is 9.96. The molecule has 0 atom stereocenters. The van der Waals surface area contributed by atoms with Gasteiger partial charge in [-0.15, -0.1) is 0 Å². The van der Waals surface area contributed by atoms with Gasteiger partial charge >= 0.3 is 0 Å². The summed E-state index contributed by atoms with van der Waals surface area (Å²) in [6.07, 6.45) is 6.25. The van der Waals surface area contributed by atoms with E-state index in [2.05, 4.69) is 15.6 Å². The van der Waals surface area contributed by atoms with E-state index in [0.29, 0.717) is 17.5 Å². The van der Waals surface area contributed by atoms with Gasteiger partial charge in [0.2, 0.25) is 10.0 Å². The van der Waals surface area contributed by atoms with Crippen molar-refractivity contribution in [2.45, 2.75) is 69.5 Å². The first-order chi connectivity index (χ1) is 12.3. The molecule has 1 aliphatic rings. The maximum Gasteiger partial charge on any atom is 0.243 e. The molecule has 146 valence electrons. The minimum atomic E-state index is -3.43. The number of aliphatic imine (C=N–C) groups is 1. The van der Waals surface area contributed by atoms with Crippen LogP contribution in [0, 0.1) is 0 Å². The van der Waals surface area contributed by atoms with E-state index in [-0.39, 0.29) is 6.04 Å². The molecule has 1 saturated carbocycles. The molecule has 0 saturated heterocycles. The van der Waals surface area contributed by atoms with Crippen molar-refractivity contribution in [2.24, 2.45) is 4.99 Å². The second-order valence-electron chi connectivity index (χ2n) is 7.16. The summed E-state index contributed by atoms with van der Waals surface area (Å²) in [4.78, 5) is 4.61. The molecule has 0 radical (unpaired) electrons. The van der Waals surface area contributed by atoms with Gasteiger partial charge in [-0.25, -0.2) is 8.42 Å². The Kier molecular flexibility index (Phi) is 7.46. The molecule has 0 bridgehead atoms. The van der Waals surface area contributed by atoms with Gasteiger partial charge in [-0.3, -0.25) is 4.99 Å². The number of benzene rings is 1. The van der Waals surface area contributed by atoms with Crippen LogP contribution in [0.3, 0.4) is 0 Å². The van der Waals surface area contributed by atoms with Crippen LogP contribution in [0.15, 0.2) is 34.2 Å². The van der Waals surface area contributed by atoms with Gasteiger partial charge in [0.25, 0.3) is 0 Å². The summed E-state index contributed by atoms with van der Waals surface area (Å²) < 4.78 is 26.4. The third-order valence-corrected chi connectivity index (χ3v) is 7.00. The molecule has 6 nitrogen and oxygen atoms in total. The second kappa shape index (κ2) is 9.37. The van der Waals surface area contributed by atoms with Crippen LogP contribution in [0.4, 0.5) is 0 Å². The standard InChI is InChI=1S/C19H32N4O2S/c1-15(2)23(4)26(24,25)18-12-10-16(11-13-18)14-21-19(20-3)22-17-8-6-5-7-9-17/h10-13,15,17H,5-9,14H2,1-4H3,(H2,20,21,22). The van der Waals surface area contributed by atoms with Crippen molar-refractivity contribution < 1.29 is 8.42 Å². The summed E-state index contributed by atoms with van der Waals surface area (Å²) >= 11 is 0. The maximum atomic E-state index is 12.5. The first-order valence-electron chi connectivity index (χ1n) is 9.38. The zero-order chi connectivity index (χ0) is 19.2. The highest BCUT2D eigenvalue weighted by atomic mass is 32.2. The molecule has 26 heavy (non-hydrogen) atoms. The average Bonchev–Trinajstić information content (AvgIpc) is 2.65. The molecule has 0 aliphatic heterocycles. The van der Waals surface area contributed by atoms with Gasteiger partial charge in [-0.1, -0.05) is 31.4 Å². The molecule has 2 N–H and O–H groups in total. The number of sulfonamides is 1. The molecule has 1 aromatic carbocycles. The molecule has 1 aromatic rings. The largest absolute Gasteiger partial charge is 0.354 e. The van der Waals surface area contributed by atoms with Crippen LogP contribution in [-0.2, 0) is 16.6 Å². The van der Waals surface area contributed by atoms with Crippen molar-refractivity contribution in [3.05, 3.63) is 29.8 Å². The summed E-state index contributed by atoms with van der Waals surface area (Å²) in [5.41, 5.74) is 1.02. The number of guanidine groups is 1. The topological polar surface area (TPSA) is 73.8 Å². The smallest absolute Gasteiger partial charge is 0.243 e.